The first-order valence-corrected chi connectivity index (χ1v) is 13.1. The van der Waals surface area contributed by atoms with Crippen LogP contribution in [-0.4, -0.2) is 185 Å². The van der Waals surface area contributed by atoms with E-state index in [0.29, 0.717) is 0 Å². The molecule has 250 valence electrons. The third-order valence-corrected chi connectivity index (χ3v) is 7.08. The maximum Gasteiger partial charge on any atom is 0.364 e. The van der Waals surface area contributed by atoms with Crippen LogP contribution in [-0.2, 0) is 33.3 Å². The molecule has 2 rings (SSSR count). The molecule has 0 unspecified atom stereocenters. The van der Waals surface area contributed by atoms with Crippen molar-refractivity contribution in [1.29, 1.82) is 0 Å². The van der Waals surface area contributed by atoms with Crippen molar-refractivity contribution in [3.05, 3.63) is 0 Å². The Labute approximate surface area is 243 Å². The molecule has 0 aromatic heterocycles. The molecular weight excluding hydrogens is 592 g/mol. The van der Waals surface area contributed by atoms with Gasteiger partial charge in [-0.15, -0.1) is 0 Å². The van der Waals surface area contributed by atoms with E-state index < -0.39 is 129 Å². The standard InChI is InChI=1S/C23H40N2O18/c1-7(30)25-13-9(31)2-23(22(38)39,42-19(13)15(35)10(32)4-27)43-20-16(36)12(6-29)40-21(17(20)37)41-18(11(33)5-28)14(34)8(24)3-26/h3,8-21,27-29,31-37H,2,4-6,24H2,1H3,(H,25,30)(H,38,39)/t8-,9-,10+,11+,12+,13+,14+,15+,16-,17+,18-,19+,20-,21+,23-/m0/s1. The lowest BCUT2D eigenvalue weighted by Crippen LogP contribution is -2.70. The summed E-state index contributed by atoms with van der Waals surface area (Å²) in [5, 5.41) is 114. The average molecular weight is 633 g/mol. The van der Waals surface area contributed by atoms with Crippen LogP contribution in [0.4, 0.5) is 0 Å². The first-order valence-electron chi connectivity index (χ1n) is 13.1. The van der Waals surface area contributed by atoms with Gasteiger partial charge in [0.25, 0.3) is 5.79 Å². The molecule has 20 heteroatoms. The summed E-state index contributed by atoms with van der Waals surface area (Å²) in [6.45, 7) is -2.08. The molecule has 2 aliphatic heterocycles. The van der Waals surface area contributed by atoms with Crippen LogP contribution in [0.3, 0.4) is 0 Å². The van der Waals surface area contributed by atoms with E-state index in [2.05, 4.69) is 5.32 Å². The number of carboxylic acids is 1. The highest BCUT2D eigenvalue weighted by molar-refractivity contribution is 5.76. The minimum atomic E-state index is -3.05. The van der Waals surface area contributed by atoms with E-state index >= 15 is 0 Å². The van der Waals surface area contributed by atoms with Crippen molar-refractivity contribution in [2.75, 3.05) is 19.8 Å². The summed E-state index contributed by atoms with van der Waals surface area (Å²) in [5.41, 5.74) is 5.47. The normalized spacial score (nSPS) is 37.4. The molecule has 43 heavy (non-hydrogen) atoms. The zero-order valence-corrected chi connectivity index (χ0v) is 22.8. The third kappa shape index (κ3) is 8.39. The Kier molecular flexibility index (Phi) is 13.7. The topological polar surface area (TPSA) is 349 Å². The van der Waals surface area contributed by atoms with Crippen LogP contribution in [0, 0.1) is 0 Å². The molecule has 2 heterocycles. The Balaban J connectivity index is 2.49. The summed E-state index contributed by atoms with van der Waals surface area (Å²) in [5.74, 6) is -5.80. The first kappa shape index (κ1) is 37.2. The molecule has 14 N–H and O–H groups in total. The lowest BCUT2D eigenvalue weighted by atomic mass is 9.88. The maximum absolute atomic E-state index is 12.5. The second-order valence-corrected chi connectivity index (χ2v) is 10.2. The van der Waals surface area contributed by atoms with Gasteiger partial charge in [0.1, 0.15) is 67.3 Å². The highest BCUT2D eigenvalue weighted by Crippen LogP contribution is 2.37. The van der Waals surface area contributed by atoms with Gasteiger partial charge in [-0.1, -0.05) is 0 Å². The summed E-state index contributed by atoms with van der Waals surface area (Å²) in [6, 6.07) is -3.22. The molecule has 0 aromatic rings. The Morgan fingerprint density at radius 1 is 1.07 bits per heavy atom. The molecule has 1 amide bonds. The van der Waals surface area contributed by atoms with E-state index in [1.807, 2.05) is 0 Å². The van der Waals surface area contributed by atoms with Gasteiger partial charge in [-0.05, 0) is 0 Å². The van der Waals surface area contributed by atoms with Gasteiger partial charge in [0.2, 0.25) is 5.91 Å². The monoisotopic (exact) mass is 632 g/mol. The predicted octanol–water partition coefficient (Wildman–Crippen LogP) is -8.41. The number of aliphatic hydroxyl groups is 10. The molecule has 0 radical (unpaired) electrons. The van der Waals surface area contributed by atoms with Crippen molar-refractivity contribution in [2.24, 2.45) is 5.73 Å². The van der Waals surface area contributed by atoms with Crippen molar-refractivity contribution >= 4 is 18.2 Å². The Bertz CT molecular complexity index is 931. The van der Waals surface area contributed by atoms with Crippen LogP contribution in [0.1, 0.15) is 13.3 Å². The highest BCUT2D eigenvalue weighted by Gasteiger charge is 2.59. The van der Waals surface area contributed by atoms with Gasteiger partial charge in [-0.3, -0.25) is 4.79 Å². The number of nitrogens with one attached hydrogen (secondary N) is 1. The summed E-state index contributed by atoms with van der Waals surface area (Å²) in [6.07, 6.45) is -24.9. The van der Waals surface area contributed by atoms with E-state index in [4.69, 9.17) is 24.7 Å². The molecule has 0 aliphatic carbocycles. The summed E-state index contributed by atoms with van der Waals surface area (Å²) < 4.78 is 21.6. The maximum atomic E-state index is 12.5. The summed E-state index contributed by atoms with van der Waals surface area (Å²) in [7, 11) is 0. The smallest absolute Gasteiger partial charge is 0.364 e. The van der Waals surface area contributed by atoms with Crippen LogP contribution < -0.4 is 11.1 Å². The number of rotatable bonds is 15. The molecule has 2 aliphatic rings. The Morgan fingerprint density at radius 2 is 1.67 bits per heavy atom. The lowest BCUT2D eigenvalue weighted by molar-refractivity contribution is -0.376. The number of nitrogens with two attached hydrogens (primary N) is 1. The van der Waals surface area contributed by atoms with Gasteiger partial charge in [-0.2, -0.15) is 0 Å². The highest BCUT2D eigenvalue weighted by atomic mass is 16.8. The van der Waals surface area contributed by atoms with Crippen LogP contribution in [0.5, 0.6) is 0 Å². The quantitative estimate of drug-likeness (QED) is 0.0745. The zero-order valence-electron chi connectivity index (χ0n) is 22.8. The second-order valence-electron chi connectivity index (χ2n) is 10.2. The molecule has 20 nitrogen and oxygen atoms in total. The molecule has 0 spiro atoms. The van der Waals surface area contributed by atoms with E-state index in [1.54, 1.807) is 0 Å². The van der Waals surface area contributed by atoms with Gasteiger partial charge >= 0.3 is 5.97 Å². The largest absolute Gasteiger partial charge is 0.477 e. The fraction of sp³-hybridized carbons (Fsp3) is 0.870. The number of aliphatic hydroxyl groups excluding tert-OH is 10. The molecule has 0 bridgehead atoms. The fourth-order valence-corrected chi connectivity index (χ4v) is 4.73. The number of hydrogen-bond acceptors (Lipinski definition) is 18. The number of amides is 1. The van der Waals surface area contributed by atoms with Crippen molar-refractivity contribution < 1.29 is 89.5 Å². The molecule has 15 atom stereocenters. The van der Waals surface area contributed by atoms with Crippen LogP contribution >= 0.6 is 0 Å². The number of aldehydes is 1. The van der Waals surface area contributed by atoms with Crippen LogP contribution in [0.25, 0.3) is 0 Å². The van der Waals surface area contributed by atoms with Crippen molar-refractivity contribution in [2.45, 2.75) is 105 Å². The van der Waals surface area contributed by atoms with Gasteiger partial charge in [0.15, 0.2) is 6.29 Å². The van der Waals surface area contributed by atoms with E-state index in [0.717, 1.165) is 6.92 Å². The zero-order chi connectivity index (χ0) is 32.8. The second kappa shape index (κ2) is 15.8. The first-order chi connectivity index (χ1) is 20.1. The number of hydrogen-bond donors (Lipinski definition) is 13. The number of carbonyl (C=O) groups is 3. The SMILES string of the molecule is CC(=O)N[C@H]1[C@H]([C@H](O)[C@H](O)CO)O[C@@](O[C@H]2[C@@H](O)[C@@H](CO)O[C@H](O[C@H]([C@H](O)[C@@H](N)C=O)[C@H](O)CO)[C@@H]2O)(C(=O)O)C[C@@H]1O. The van der Waals surface area contributed by atoms with Gasteiger partial charge in [-0.25, -0.2) is 4.79 Å². The van der Waals surface area contributed by atoms with E-state index in [-0.39, 0.29) is 6.29 Å². The molecular formula is C23H40N2O18. The number of carboxylic acid groups (broad SMARTS) is 1. The minimum Gasteiger partial charge on any atom is -0.477 e. The number of ether oxygens (including phenoxy) is 4. The fourth-order valence-electron chi connectivity index (χ4n) is 4.73. The molecule has 0 saturated carbocycles. The predicted molar refractivity (Wildman–Crippen MR) is 133 cm³/mol. The van der Waals surface area contributed by atoms with E-state index in [1.165, 1.54) is 0 Å². The van der Waals surface area contributed by atoms with Crippen molar-refractivity contribution in [1.82, 2.24) is 5.32 Å². The summed E-state index contributed by atoms with van der Waals surface area (Å²) >= 11 is 0. The van der Waals surface area contributed by atoms with E-state index in [9.17, 15) is 70.6 Å². The van der Waals surface area contributed by atoms with Gasteiger partial charge in [0.05, 0.1) is 38.0 Å². The Hall–Kier alpha value is -1.99. The van der Waals surface area contributed by atoms with Gasteiger partial charge in [0, 0.05) is 13.3 Å². The minimum absolute atomic E-state index is 0.0879. The number of carbonyl (C=O) groups excluding carboxylic acids is 2. The molecule has 2 fully saturated rings. The lowest BCUT2D eigenvalue weighted by Gasteiger charge is -2.50. The third-order valence-electron chi connectivity index (χ3n) is 7.08. The Morgan fingerprint density at radius 3 is 2.16 bits per heavy atom. The number of aliphatic carboxylic acids is 1. The molecule has 2 saturated heterocycles. The van der Waals surface area contributed by atoms with Crippen molar-refractivity contribution in [3.8, 4) is 0 Å². The molecule has 0 aromatic carbocycles. The van der Waals surface area contributed by atoms with Crippen LogP contribution in [0.2, 0.25) is 0 Å². The summed E-state index contributed by atoms with van der Waals surface area (Å²) in [4.78, 5) is 35.3. The van der Waals surface area contributed by atoms with Crippen LogP contribution in [0.15, 0.2) is 0 Å². The van der Waals surface area contributed by atoms with Crippen molar-refractivity contribution in [3.63, 3.8) is 0 Å². The van der Waals surface area contributed by atoms with Gasteiger partial charge < -0.3 is 91.0 Å². The average Bonchev–Trinajstić information content (AvgIpc) is 2.97.